The molecule has 1 aromatic carbocycles. The molecule has 1 aliphatic heterocycles. The molecule has 0 bridgehead atoms. The number of carbonyl (C=O) groups excluding carboxylic acids is 1. The maximum absolute atomic E-state index is 12.2. The largest absolute Gasteiger partial charge is 0.480 e. The molecule has 0 aliphatic carbocycles. The Morgan fingerprint density at radius 3 is 2.62 bits per heavy atom. The van der Waals surface area contributed by atoms with Crippen LogP contribution >= 0.6 is 23.2 Å². The fourth-order valence-corrected chi connectivity index (χ4v) is 2.63. The van der Waals surface area contributed by atoms with Gasteiger partial charge in [0.25, 0.3) is 0 Å². The third kappa shape index (κ3) is 3.40. The van der Waals surface area contributed by atoms with E-state index in [0.717, 1.165) is 10.5 Å². The fraction of sp³-hybridized carbons (Fsp3) is 0.385. The van der Waals surface area contributed by atoms with E-state index in [2.05, 4.69) is 5.32 Å². The van der Waals surface area contributed by atoms with Crippen LogP contribution in [0.4, 0.5) is 10.5 Å². The highest BCUT2D eigenvalue weighted by Gasteiger charge is 2.39. The topological polar surface area (TPSA) is 89.9 Å². The maximum Gasteiger partial charge on any atom is 0.326 e. The number of likely N-dealkylation sites (tertiary alicyclic amines) is 1. The number of β-amino-alcohol motifs (C(OH)–C–C–N with tert-alkyl or cyclic N) is 1. The number of hydrogen-bond acceptors (Lipinski definition) is 3. The van der Waals surface area contributed by atoms with E-state index in [9.17, 15) is 14.7 Å². The highest BCUT2D eigenvalue weighted by Crippen LogP contribution is 2.29. The fourth-order valence-electron chi connectivity index (χ4n) is 2.20. The molecular formula is C13H14Cl2N2O4. The number of aliphatic carboxylic acids is 1. The van der Waals surface area contributed by atoms with Crippen LogP contribution in [0.5, 0.6) is 0 Å². The number of halogens is 2. The van der Waals surface area contributed by atoms with E-state index < -0.39 is 24.1 Å². The summed E-state index contributed by atoms with van der Waals surface area (Å²) in [5.41, 5.74) is 1.06. The smallest absolute Gasteiger partial charge is 0.326 e. The Hall–Kier alpha value is -1.50. The molecule has 0 spiro atoms. The number of aliphatic hydroxyl groups is 1. The molecular weight excluding hydrogens is 319 g/mol. The Bertz CT molecular complexity index is 594. The number of nitrogens with zero attached hydrogens (tertiary/aromatic N) is 1. The molecule has 1 aliphatic rings. The first kappa shape index (κ1) is 15.9. The highest BCUT2D eigenvalue weighted by molar-refractivity contribution is 6.36. The second-order valence-electron chi connectivity index (χ2n) is 4.91. The molecule has 2 atom stereocenters. The predicted molar refractivity (Wildman–Crippen MR) is 79.0 cm³/mol. The number of carboxylic acids is 1. The average molecular weight is 333 g/mol. The molecule has 1 aromatic rings. The van der Waals surface area contributed by atoms with Gasteiger partial charge in [0.05, 0.1) is 16.8 Å². The first-order chi connectivity index (χ1) is 9.79. The monoisotopic (exact) mass is 332 g/mol. The molecule has 1 fully saturated rings. The van der Waals surface area contributed by atoms with Crippen molar-refractivity contribution < 1.29 is 19.8 Å². The van der Waals surface area contributed by atoms with Gasteiger partial charge in [0.2, 0.25) is 0 Å². The summed E-state index contributed by atoms with van der Waals surface area (Å²) in [6.45, 7) is 1.73. The Morgan fingerprint density at radius 2 is 2.00 bits per heavy atom. The minimum atomic E-state index is -1.16. The molecule has 114 valence electrons. The van der Waals surface area contributed by atoms with Gasteiger partial charge >= 0.3 is 12.0 Å². The first-order valence-corrected chi connectivity index (χ1v) is 6.99. The highest BCUT2D eigenvalue weighted by atomic mass is 35.5. The van der Waals surface area contributed by atoms with E-state index in [4.69, 9.17) is 28.3 Å². The Morgan fingerprint density at radius 1 is 1.33 bits per heavy atom. The van der Waals surface area contributed by atoms with Gasteiger partial charge in [-0.25, -0.2) is 9.59 Å². The number of anilines is 1. The van der Waals surface area contributed by atoms with Gasteiger partial charge in [0.15, 0.2) is 0 Å². The number of urea groups is 1. The number of nitrogens with one attached hydrogen (secondary N) is 1. The summed E-state index contributed by atoms with van der Waals surface area (Å²) in [5, 5.41) is 21.9. The lowest BCUT2D eigenvalue weighted by Gasteiger charge is -2.22. The van der Waals surface area contributed by atoms with Gasteiger partial charge in [-0.15, -0.1) is 0 Å². The van der Waals surface area contributed by atoms with Crippen molar-refractivity contribution in [1.82, 2.24) is 4.90 Å². The second kappa shape index (κ2) is 6.09. The van der Waals surface area contributed by atoms with E-state index >= 15 is 0 Å². The van der Waals surface area contributed by atoms with Gasteiger partial charge < -0.3 is 20.4 Å². The maximum atomic E-state index is 12.2. The van der Waals surface area contributed by atoms with E-state index in [1.165, 1.54) is 6.07 Å². The molecule has 2 rings (SSSR count). The predicted octanol–water partition coefficient (Wildman–Crippen LogP) is 2.35. The molecule has 0 unspecified atom stereocenters. The van der Waals surface area contributed by atoms with E-state index in [-0.39, 0.29) is 13.0 Å². The van der Waals surface area contributed by atoms with Gasteiger partial charge in [-0.1, -0.05) is 23.2 Å². The lowest BCUT2D eigenvalue weighted by Crippen LogP contribution is -2.43. The molecule has 3 N–H and O–H groups in total. The molecule has 0 radical (unpaired) electrons. The number of carbonyl (C=O) groups is 2. The molecule has 2 amide bonds. The first-order valence-electron chi connectivity index (χ1n) is 6.23. The minimum absolute atomic E-state index is 0.00510. The van der Waals surface area contributed by atoms with E-state index in [1.54, 1.807) is 13.0 Å². The number of carboxylic acid groups (broad SMARTS) is 1. The second-order valence-corrected chi connectivity index (χ2v) is 5.72. The normalized spacial score (nSPS) is 21.4. The van der Waals surface area contributed by atoms with Crippen molar-refractivity contribution in [3.63, 3.8) is 0 Å². The van der Waals surface area contributed by atoms with Crippen molar-refractivity contribution in [2.45, 2.75) is 25.5 Å². The summed E-state index contributed by atoms with van der Waals surface area (Å²) < 4.78 is 0. The van der Waals surface area contributed by atoms with E-state index in [0.29, 0.717) is 15.7 Å². The zero-order valence-corrected chi connectivity index (χ0v) is 12.6. The van der Waals surface area contributed by atoms with Gasteiger partial charge in [0.1, 0.15) is 6.04 Å². The number of hydrogen-bond donors (Lipinski definition) is 3. The molecule has 1 heterocycles. The SMILES string of the molecule is Cc1cc(Cl)c(NC(=O)N2C[C@H](O)C[C@H]2C(=O)O)cc1Cl. The van der Waals surface area contributed by atoms with Crippen molar-refractivity contribution in [1.29, 1.82) is 0 Å². The van der Waals surface area contributed by atoms with Gasteiger partial charge in [-0.05, 0) is 24.6 Å². The lowest BCUT2D eigenvalue weighted by atomic mass is 10.2. The zero-order valence-electron chi connectivity index (χ0n) is 11.1. The molecule has 21 heavy (non-hydrogen) atoms. The summed E-state index contributed by atoms with van der Waals surface area (Å²) in [5.74, 6) is -1.16. The van der Waals surface area contributed by atoms with E-state index in [1.807, 2.05) is 0 Å². The third-order valence-corrected chi connectivity index (χ3v) is 4.03. The number of aliphatic hydroxyl groups excluding tert-OH is 1. The standard InChI is InChI=1S/C13H14Cl2N2O4/c1-6-2-9(15)10(4-8(6)14)16-13(21)17-5-7(18)3-11(17)12(19)20/h2,4,7,11,18H,3,5H2,1H3,(H,16,21)(H,19,20)/t7-,11+/m1/s1. The van der Waals surface area contributed by atoms with Gasteiger partial charge in [0, 0.05) is 18.0 Å². The summed E-state index contributed by atoms with van der Waals surface area (Å²) >= 11 is 12.0. The van der Waals surface area contributed by atoms with Crippen molar-refractivity contribution in [2.24, 2.45) is 0 Å². The van der Waals surface area contributed by atoms with Crippen molar-refractivity contribution in [3.8, 4) is 0 Å². The zero-order chi connectivity index (χ0) is 15.7. The number of benzene rings is 1. The Kier molecular flexibility index (Phi) is 4.61. The quantitative estimate of drug-likeness (QED) is 0.775. The Labute approximate surface area is 131 Å². The summed E-state index contributed by atoms with van der Waals surface area (Å²) in [6.07, 6.45) is -0.848. The number of rotatable bonds is 2. The summed E-state index contributed by atoms with van der Waals surface area (Å²) in [4.78, 5) is 24.3. The van der Waals surface area contributed by atoms with Crippen molar-refractivity contribution in [2.75, 3.05) is 11.9 Å². The van der Waals surface area contributed by atoms with Crippen LogP contribution in [0.2, 0.25) is 10.0 Å². The number of aryl methyl sites for hydroxylation is 1. The van der Waals surface area contributed by atoms with Crippen LogP contribution in [0.3, 0.4) is 0 Å². The molecule has 1 saturated heterocycles. The van der Waals surface area contributed by atoms with Crippen molar-refractivity contribution in [3.05, 3.63) is 27.7 Å². The van der Waals surface area contributed by atoms with Crippen LogP contribution in [0, 0.1) is 6.92 Å². The Balaban J connectivity index is 2.18. The van der Waals surface area contributed by atoms with Crippen LogP contribution < -0.4 is 5.32 Å². The molecule has 8 heteroatoms. The average Bonchev–Trinajstić information content (AvgIpc) is 2.78. The van der Waals surface area contributed by atoms with Gasteiger partial charge in [-0.3, -0.25) is 0 Å². The molecule has 6 nitrogen and oxygen atoms in total. The minimum Gasteiger partial charge on any atom is -0.480 e. The molecule has 0 aromatic heterocycles. The van der Waals surface area contributed by atoms with Crippen molar-refractivity contribution >= 4 is 40.9 Å². The third-order valence-electron chi connectivity index (χ3n) is 3.31. The van der Waals surface area contributed by atoms with Crippen LogP contribution in [-0.2, 0) is 4.79 Å². The van der Waals surface area contributed by atoms with Gasteiger partial charge in [-0.2, -0.15) is 0 Å². The molecule has 0 saturated carbocycles. The lowest BCUT2D eigenvalue weighted by molar-refractivity contribution is -0.141. The summed E-state index contributed by atoms with van der Waals surface area (Å²) in [6, 6.07) is 1.41. The number of amides is 2. The van der Waals surface area contributed by atoms with Crippen LogP contribution in [0.15, 0.2) is 12.1 Å². The van der Waals surface area contributed by atoms with Crippen LogP contribution in [0.25, 0.3) is 0 Å². The van der Waals surface area contributed by atoms with Crippen LogP contribution in [0.1, 0.15) is 12.0 Å². The van der Waals surface area contributed by atoms with Crippen LogP contribution in [-0.4, -0.2) is 45.8 Å². The summed E-state index contributed by atoms with van der Waals surface area (Å²) in [7, 11) is 0.